The molecule has 2 heterocycles. The molecule has 0 aliphatic carbocycles. The first-order chi connectivity index (χ1) is 18.3. The van der Waals surface area contributed by atoms with Gasteiger partial charge >= 0.3 is 0 Å². The lowest BCUT2D eigenvalue weighted by atomic mass is 9.75. The van der Waals surface area contributed by atoms with Gasteiger partial charge in [-0.25, -0.2) is 0 Å². The van der Waals surface area contributed by atoms with Gasteiger partial charge in [0.05, 0.1) is 41.3 Å². The van der Waals surface area contributed by atoms with Crippen molar-refractivity contribution >= 4 is 23.2 Å². The number of nitrogens with zero attached hydrogens (tertiary/aromatic N) is 2. The van der Waals surface area contributed by atoms with Crippen LogP contribution in [0.1, 0.15) is 58.4 Å². The first-order valence-electron chi connectivity index (χ1n) is 12.7. The summed E-state index contributed by atoms with van der Waals surface area (Å²) in [6, 6.07) is 15.0. The van der Waals surface area contributed by atoms with Crippen LogP contribution in [-0.2, 0) is 11.2 Å². The third kappa shape index (κ3) is 4.23. The van der Waals surface area contributed by atoms with Crippen LogP contribution in [0.25, 0.3) is 0 Å². The molecule has 0 radical (unpaired) electrons. The van der Waals surface area contributed by atoms with Gasteiger partial charge in [0.25, 0.3) is 11.6 Å². The third-order valence-electron chi connectivity index (χ3n) is 7.23. The zero-order valence-corrected chi connectivity index (χ0v) is 21.5. The quantitative estimate of drug-likeness (QED) is 0.343. The number of nitrogens with one attached hydrogen (secondary N) is 1. The van der Waals surface area contributed by atoms with Crippen molar-refractivity contribution in [3.8, 4) is 11.5 Å². The predicted molar refractivity (Wildman–Crippen MR) is 142 cm³/mol. The first-order valence-corrected chi connectivity index (χ1v) is 12.7. The monoisotopic (exact) mass is 515 g/mol. The first kappa shape index (κ1) is 25.3. The van der Waals surface area contributed by atoms with Crippen LogP contribution in [0.15, 0.2) is 54.6 Å². The summed E-state index contributed by atoms with van der Waals surface area (Å²) in [6.45, 7) is 6.77. The van der Waals surface area contributed by atoms with Crippen molar-refractivity contribution in [1.29, 1.82) is 0 Å². The highest BCUT2D eigenvalue weighted by Gasteiger charge is 2.46. The van der Waals surface area contributed by atoms with E-state index in [1.54, 1.807) is 42.2 Å². The van der Waals surface area contributed by atoms with Crippen molar-refractivity contribution < 1.29 is 24.0 Å². The SMILES string of the molecule is CCOc1cc2c(cc1OCC)[C@@H]1[C@H](C(=O)Nc3cccc([N+](=O)[O-])c3C)c3ccccc3C(=O)N1CC2. The standard InChI is InChI=1S/C29H29N3O6/c1-4-37-24-15-18-13-14-31-27(21(18)16-25(24)38-5-2)26(19-9-6-7-10-20(19)29(31)34)28(33)30-22-11-8-12-23(17(22)3)32(35)36/h6-12,15-16,26-27H,4-5,13-14H2,1-3H3,(H,30,33)/t26-,27-/m1/s1. The van der Waals surface area contributed by atoms with Crippen molar-refractivity contribution in [2.24, 2.45) is 0 Å². The number of fused-ring (bicyclic) bond motifs is 4. The Morgan fingerprint density at radius 1 is 1.05 bits per heavy atom. The highest BCUT2D eigenvalue weighted by Crippen LogP contribution is 2.48. The molecule has 1 N–H and O–H groups in total. The lowest BCUT2D eigenvalue weighted by molar-refractivity contribution is -0.385. The lowest BCUT2D eigenvalue weighted by Crippen LogP contribution is -2.49. The summed E-state index contributed by atoms with van der Waals surface area (Å²) < 4.78 is 11.7. The maximum Gasteiger partial charge on any atom is 0.274 e. The fraction of sp³-hybridized carbons (Fsp3) is 0.310. The number of carbonyl (C=O) groups excluding carboxylic acids is 2. The minimum absolute atomic E-state index is 0.0727. The highest BCUT2D eigenvalue weighted by molar-refractivity contribution is 6.05. The zero-order chi connectivity index (χ0) is 27.0. The van der Waals surface area contributed by atoms with Crippen LogP contribution in [0.4, 0.5) is 11.4 Å². The third-order valence-corrected chi connectivity index (χ3v) is 7.23. The molecule has 5 rings (SSSR count). The molecule has 2 amide bonds. The van der Waals surface area contributed by atoms with Gasteiger partial charge in [-0.05, 0) is 68.1 Å². The Balaban J connectivity index is 1.64. The molecule has 0 bridgehead atoms. The minimum atomic E-state index is -0.742. The molecule has 2 atom stereocenters. The summed E-state index contributed by atoms with van der Waals surface area (Å²) in [5, 5.41) is 14.4. The van der Waals surface area contributed by atoms with Gasteiger partial charge in [0.1, 0.15) is 0 Å². The molecule has 0 spiro atoms. The Morgan fingerprint density at radius 2 is 1.76 bits per heavy atom. The number of benzene rings is 3. The van der Waals surface area contributed by atoms with E-state index in [-0.39, 0.29) is 17.5 Å². The van der Waals surface area contributed by atoms with Crippen molar-refractivity contribution in [3.05, 3.63) is 92.5 Å². The average Bonchev–Trinajstić information content (AvgIpc) is 2.90. The Hall–Kier alpha value is -4.40. The van der Waals surface area contributed by atoms with E-state index in [1.165, 1.54) is 6.07 Å². The number of carbonyl (C=O) groups is 2. The van der Waals surface area contributed by atoms with E-state index in [1.807, 2.05) is 32.0 Å². The smallest absolute Gasteiger partial charge is 0.274 e. The maximum atomic E-state index is 14.0. The Bertz CT molecular complexity index is 1440. The van der Waals surface area contributed by atoms with Gasteiger partial charge in [-0.15, -0.1) is 0 Å². The number of ether oxygens (including phenoxy) is 2. The molecular weight excluding hydrogens is 486 g/mol. The normalized spacial score (nSPS) is 17.7. The van der Waals surface area contributed by atoms with E-state index in [0.717, 1.165) is 11.1 Å². The Kier molecular flexibility index (Phi) is 6.75. The molecule has 2 aliphatic heterocycles. The molecule has 0 unspecified atom stereocenters. The van der Waals surface area contributed by atoms with Crippen LogP contribution in [0.5, 0.6) is 11.5 Å². The van der Waals surface area contributed by atoms with Crippen LogP contribution in [-0.4, -0.2) is 41.4 Å². The average molecular weight is 516 g/mol. The van der Waals surface area contributed by atoms with E-state index >= 15 is 0 Å². The fourth-order valence-electron chi connectivity index (χ4n) is 5.52. The van der Waals surface area contributed by atoms with Gasteiger partial charge in [0.2, 0.25) is 5.91 Å². The Morgan fingerprint density at radius 3 is 2.47 bits per heavy atom. The second kappa shape index (κ2) is 10.2. The Labute approximate surface area is 220 Å². The van der Waals surface area contributed by atoms with Gasteiger partial charge in [-0.3, -0.25) is 19.7 Å². The maximum absolute atomic E-state index is 14.0. The van der Waals surface area contributed by atoms with Crippen LogP contribution < -0.4 is 14.8 Å². The number of rotatable bonds is 7. The van der Waals surface area contributed by atoms with Crippen molar-refractivity contribution in [2.75, 3.05) is 25.1 Å². The molecule has 0 saturated carbocycles. The summed E-state index contributed by atoms with van der Waals surface area (Å²) in [5.41, 5.74) is 3.60. The zero-order valence-electron chi connectivity index (χ0n) is 21.5. The van der Waals surface area contributed by atoms with E-state index in [0.29, 0.717) is 60.1 Å². The second-order valence-electron chi connectivity index (χ2n) is 9.32. The molecule has 9 heteroatoms. The van der Waals surface area contributed by atoms with Crippen LogP contribution in [0, 0.1) is 17.0 Å². The van der Waals surface area contributed by atoms with E-state index in [2.05, 4.69) is 5.32 Å². The number of amides is 2. The van der Waals surface area contributed by atoms with Crippen molar-refractivity contribution in [2.45, 2.75) is 39.2 Å². The number of hydrogen-bond donors (Lipinski definition) is 1. The molecular formula is C29H29N3O6. The summed E-state index contributed by atoms with van der Waals surface area (Å²) in [6.07, 6.45) is 0.616. The molecule has 196 valence electrons. The van der Waals surface area contributed by atoms with Crippen molar-refractivity contribution in [3.63, 3.8) is 0 Å². The van der Waals surface area contributed by atoms with E-state index in [9.17, 15) is 19.7 Å². The molecule has 3 aromatic rings. The van der Waals surface area contributed by atoms with Gasteiger partial charge < -0.3 is 19.7 Å². The van der Waals surface area contributed by atoms with Crippen LogP contribution in [0.2, 0.25) is 0 Å². The number of hydrogen-bond acceptors (Lipinski definition) is 6. The second-order valence-corrected chi connectivity index (χ2v) is 9.32. The van der Waals surface area contributed by atoms with Crippen LogP contribution in [0.3, 0.4) is 0 Å². The number of anilines is 1. The predicted octanol–water partition coefficient (Wildman–Crippen LogP) is 5.18. The number of nitro benzene ring substituents is 1. The largest absolute Gasteiger partial charge is 0.490 e. The topological polar surface area (TPSA) is 111 Å². The molecule has 0 fully saturated rings. The molecule has 3 aromatic carbocycles. The van der Waals surface area contributed by atoms with Gasteiger partial charge in [0.15, 0.2) is 11.5 Å². The van der Waals surface area contributed by atoms with Gasteiger partial charge in [0, 0.05) is 18.2 Å². The summed E-state index contributed by atoms with van der Waals surface area (Å²) >= 11 is 0. The van der Waals surface area contributed by atoms with Crippen molar-refractivity contribution in [1.82, 2.24) is 4.90 Å². The van der Waals surface area contributed by atoms with Crippen LogP contribution >= 0.6 is 0 Å². The minimum Gasteiger partial charge on any atom is -0.490 e. The highest BCUT2D eigenvalue weighted by atomic mass is 16.6. The summed E-state index contributed by atoms with van der Waals surface area (Å²) in [5.74, 6) is -0.0109. The summed E-state index contributed by atoms with van der Waals surface area (Å²) in [4.78, 5) is 40.4. The van der Waals surface area contributed by atoms with E-state index < -0.39 is 16.9 Å². The van der Waals surface area contributed by atoms with Gasteiger partial charge in [-0.1, -0.05) is 24.3 Å². The molecule has 0 saturated heterocycles. The van der Waals surface area contributed by atoms with E-state index in [4.69, 9.17) is 9.47 Å². The van der Waals surface area contributed by atoms with Gasteiger partial charge in [-0.2, -0.15) is 0 Å². The molecule has 2 aliphatic rings. The molecule has 9 nitrogen and oxygen atoms in total. The number of nitro groups is 1. The lowest BCUT2D eigenvalue weighted by Gasteiger charge is -2.45. The molecule has 0 aromatic heterocycles. The summed E-state index contributed by atoms with van der Waals surface area (Å²) in [7, 11) is 0. The fourth-order valence-corrected chi connectivity index (χ4v) is 5.52. The molecule has 38 heavy (non-hydrogen) atoms.